The first kappa shape index (κ1) is 13.8. The predicted octanol–water partition coefficient (Wildman–Crippen LogP) is 2.55. The van der Waals surface area contributed by atoms with Crippen molar-refractivity contribution in [2.45, 2.75) is 82.5 Å². The van der Waals surface area contributed by atoms with Crippen molar-refractivity contribution in [1.82, 2.24) is 10.2 Å². The van der Waals surface area contributed by atoms with E-state index >= 15 is 0 Å². The number of ether oxygens (including phenoxy) is 1. The minimum atomic E-state index is 0.544. The minimum Gasteiger partial charge on any atom is -0.375 e. The van der Waals surface area contributed by atoms with E-state index in [0.29, 0.717) is 6.10 Å². The number of rotatable bonds is 3. The molecule has 0 amide bonds. The van der Waals surface area contributed by atoms with Gasteiger partial charge in [0.05, 0.1) is 12.7 Å². The van der Waals surface area contributed by atoms with E-state index in [-0.39, 0.29) is 0 Å². The van der Waals surface area contributed by atoms with E-state index in [4.69, 9.17) is 4.74 Å². The molecule has 3 heteroatoms. The van der Waals surface area contributed by atoms with Gasteiger partial charge >= 0.3 is 0 Å². The Morgan fingerprint density at radius 2 is 2.00 bits per heavy atom. The summed E-state index contributed by atoms with van der Waals surface area (Å²) in [6.45, 7) is 5.48. The van der Waals surface area contributed by atoms with E-state index in [1.807, 2.05) is 0 Å². The van der Waals surface area contributed by atoms with Crippen LogP contribution in [0.3, 0.4) is 0 Å². The van der Waals surface area contributed by atoms with Gasteiger partial charge in [0.25, 0.3) is 0 Å². The zero-order valence-electron chi connectivity index (χ0n) is 12.4. The van der Waals surface area contributed by atoms with E-state index in [1.165, 1.54) is 57.9 Å². The van der Waals surface area contributed by atoms with Crippen molar-refractivity contribution in [3.05, 3.63) is 0 Å². The number of nitrogens with one attached hydrogen (secondary N) is 1. The van der Waals surface area contributed by atoms with Gasteiger partial charge in [-0.2, -0.15) is 0 Å². The van der Waals surface area contributed by atoms with Crippen LogP contribution in [0.25, 0.3) is 0 Å². The summed E-state index contributed by atoms with van der Waals surface area (Å²) in [5.41, 5.74) is 0. The Morgan fingerprint density at radius 1 is 1.11 bits per heavy atom. The largest absolute Gasteiger partial charge is 0.375 e. The molecule has 0 aromatic heterocycles. The molecular formula is C16H30N2O. The molecule has 4 atom stereocenters. The molecule has 3 nitrogen and oxygen atoms in total. The molecule has 3 fully saturated rings. The fraction of sp³-hybridized carbons (Fsp3) is 1.00. The molecule has 2 aliphatic carbocycles. The van der Waals surface area contributed by atoms with Gasteiger partial charge in [-0.25, -0.2) is 0 Å². The van der Waals surface area contributed by atoms with Crippen molar-refractivity contribution in [1.29, 1.82) is 0 Å². The second-order valence-corrected chi connectivity index (χ2v) is 6.57. The molecule has 0 aromatic rings. The number of nitrogens with zero attached hydrogens (tertiary/aromatic N) is 1. The lowest BCUT2D eigenvalue weighted by atomic mass is 9.84. The molecule has 3 rings (SSSR count). The molecule has 2 saturated carbocycles. The smallest absolute Gasteiger partial charge is 0.0731 e. The lowest BCUT2D eigenvalue weighted by Crippen LogP contribution is -2.58. The third-order valence-corrected chi connectivity index (χ3v) is 5.38. The summed E-state index contributed by atoms with van der Waals surface area (Å²) >= 11 is 0. The fourth-order valence-electron chi connectivity index (χ4n) is 4.52. The standard InChI is InChI=1S/C16H30N2O/c1-2-17-13-6-5-7-14(12-13)18-10-11-19-16-9-4-3-8-15(16)18/h13-17H,2-12H2,1H3. The van der Waals surface area contributed by atoms with E-state index in [1.54, 1.807) is 0 Å². The third kappa shape index (κ3) is 3.14. The van der Waals surface area contributed by atoms with Crippen LogP contribution in [0.4, 0.5) is 0 Å². The van der Waals surface area contributed by atoms with Crippen LogP contribution in [0.1, 0.15) is 58.3 Å². The Hall–Kier alpha value is -0.120. The maximum Gasteiger partial charge on any atom is 0.0731 e. The minimum absolute atomic E-state index is 0.544. The van der Waals surface area contributed by atoms with Gasteiger partial charge in [0.2, 0.25) is 0 Å². The zero-order valence-corrected chi connectivity index (χ0v) is 12.4. The van der Waals surface area contributed by atoms with Gasteiger partial charge in [-0.3, -0.25) is 4.90 Å². The first-order valence-corrected chi connectivity index (χ1v) is 8.49. The normalized spacial score (nSPS) is 40.9. The molecule has 0 aromatic carbocycles. The van der Waals surface area contributed by atoms with E-state index < -0.39 is 0 Å². The Kier molecular flexibility index (Phi) is 4.78. The molecule has 0 spiro atoms. The summed E-state index contributed by atoms with van der Waals surface area (Å²) < 4.78 is 6.02. The van der Waals surface area contributed by atoms with Gasteiger partial charge in [0.1, 0.15) is 0 Å². The van der Waals surface area contributed by atoms with Crippen molar-refractivity contribution < 1.29 is 4.74 Å². The second kappa shape index (κ2) is 6.55. The van der Waals surface area contributed by atoms with E-state index in [0.717, 1.165) is 31.3 Å². The van der Waals surface area contributed by atoms with Gasteiger partial charge < -0.3 is 10.1 Å². The molecule has 1 heterocycles. The molecule has 0 bridgehead atoms. The lowest BCUT2D eigenvalue weighted by Gasteiger charge is -2.49. The average Bonchev–Trinajstić information content (AvgIpc) is 2.47. The Balaban J connectivity index is 1.62. The molecule has 1 aliphatic heterocycles. The van der Waals surface area contributed by atoms with Crippen molar-refractivity contribution in [2.75, 3.05) is 19.7 Å². The highest BCUT2D eigenvalue weighted by Gasteiger charge is 2.38. The number of morpholine rings is 1. The fourth-order valence-corrected chi connectivity index (χ4v) is 4.52. The van der Waals surface area contributed by atoms with Crippen LogP contribution in [0.15, 0.2) is 0 Å². The maximum atomic E-state index is 6.02. The number of hydrogen-bond acceptors (Lipinski definition) is 3. The van der Waals surface area contributed by atoms with Crippen molar-refractivity contribution >= 4 is 0 Å². The highest BCUT2D eigenvalue weighted by atomic mass is 16.5. The van der Waals surface area contributed by atoms with E-state index in [2.05, 4.69) is 17.1 Å². The monoisotopic (exact) mass is 266 g/mol. The quantitative estimate of drug-likeness (QED) is 0.849. The highest BCUT2D eigenvalue weighted by molar-refractivity contribution is 4.93. The van der Waals surface area contributed by atoms with Crippen LogP contribution in [0.2, 0.25) is 0 Å². The molecule has 1 saturated heterocycles. The summed E-state index contributed by atoms with van der Waals surface area (Å²) in [7, 11) is 0. The van der Waals surface area contributed by atoms with Gasteiger partial charge in [-0.1, -0.05) is 26.2 Å². The Morgan fingerprint density at radius 3 is 2.89 bits per heavy atom. The van der Waals surface area contributed by atoms with Gasteiger partial charge in [0.15, 0.2) is 0 Å². The van der Waals surface area contributed by atoms with Crippen molar-refractivity contribution in [3.8, 4) is 0 Å². The molecule has 4 unspecified atom stereocenters. The molecule has 19 heavy (non-hydrogen) atoms. The van der Waals surface area contributed by atoms with Crippen LogP contribution in [-0.2, 0) is 4.74 Å². The van der Waals surface area contributed by atoms with Crippen molar-refractivity contribution in [3.63, 3.8) is 0 Å². The van der Waals surface area contributed by atoms with Gasteiger partial charge in [-0.05, 0) is 38.6 Å². The zero-order chi connectivity index (χ0) is 13.1. The number of hydrogen-bond donors (Lipinski definition) is 1. The molecule has 1 N–H and O–H groups in total. The predicted molar refractivity (Wildman–Crippen MR) is 78.4 cm³/mol. The van der Waals surface area contributed by atoms with Crippen LogP contribution >= 0.6 is 0 Å². The summed E-state index contributed by atoms with van der Waals surface area (Å²) in [6, 6.07) is 2.30. The highest BCUT2D eigenvalue weighted by Crippen LogP contribution is 2.33. The molecule has 0 radical (unpaired) electrons. The summed E-state index contributed by atoms with van der Waals surface area (Å²) in [5, 5.41) is 3.67. The Bertz CT molecular complexity index is 280. The SMILES string of the molecule is CCNC1CCCC(N2CCOC3CCCCC32)C1. The van der Waals surface area contributed by atoms with Gasteiger partial charge in [-0.15, -0.1) is 0 Å². The summed E-state index contributed by atoms with van der Waals surface area (Å²) in [4.78, 5) is 2.83. The summed E-state index contributed by atoms with van der Waals surface area (Å²) in [5.74, 6) is 0. The second-order valence-electron chi connectivity index (χ2n) is 6.57. The first-order valence-electron chi connectivity index (χ1n) is 8.49. The van der Waals surface area contributed by atoms with Crippen LogP contribution in [-0.4, -0.2) is 48.8 Å². The van der Waals surface area contributed by atoms with Crippen LogP contribution in [0, 0.1) is 0 Å². The van der Waals surface area contributed by atoms with Crippen LogP contribution in [0.5, 0.6) is 0 Å². The third-order valence-electron chi connectivity index (χ3n) is 5.38. The number of fused-ring (bicyclic) bond motifs is 1. The van der Waals surface area contributed by atoms with Crippen molar-refractivity contribution in [2.24, 2.45) is 0 Å². The average molecular weight is 266 g/mol. The molecular weight excluding hydrogens is 236 g/mol. The summed E-state index contributed by atoms with van der Waals surface area (Å²) in [6.07, 6.45) is 11.5. The molecule has 3 aliphatic rings. The van der Waals surface area contributed by atoms with E-state index in [9.17, 15) is 0 Å². The maximum absolute atomic E-state index is 6.02. The first-order chi connectivity index (χ1) is 9.38. The lowest BCUT2D eigenvalue weighted by molar-refractivity contribution is -0.107. The molecule has 110 valence electrons. The van der Waals surface area contributed by atoms with Gasteiger partial charge in [0, 0.05) is 24.7 Å². The topological polar surface area (TPSA) is 24.5 Å². The van der Waals surface area contributed by atoms with Crippen LogP contribution < -0.4 is 5.32 Å². The Labute approximate surface area is 118 Å².